The third-order valence-electron chi connectivity index (χ3n) is 3.38. The number of hydrogen-bond donors (Lipinski definition) is 2. The van der Waals surface area contributed by atoms with Gasteiger partial charge in [-0.3, -0.25) is 20.4 Å². The zero-order valence-electron chi connectivity index (χ0n) is 13.7. The van der Waals surface area contributed by atoms with Gasteiger partial charge in [-0.2, -0.15) is 0 Å². The smallest absolute Gasteiger partial charge is 0.276 e. The van der Waals surface area contributed by atoms with E-state index in [2.05, 4.69) is 10.9 Å². The van der Waals surface area contributed by atoms with Crippen molar-refractivity contribution in [1.29, 1.82) is 0 Å². The van der Waals surface area contributed by atoms with Crippen molar-refractivity contribution in [3.8, 4) is 11.5 Å². The fourth-order valence-electron chi connectivity index (χ4n) is 2.02. The number of rotatable bonds is 6. The second-order valence-corrected chi connectivity index (χ2v) is 5.16. The summed E-state index contributed by atoms with van der Waals surface area (Å²) in [6, 6.07) is 14.5. The molecule has 2 aromatic carbocycles. The molecule has 0 aromatic heterocycles. The van der Waals surface area contributed by atoms with Gasteiger partial charge in [-0.05, 0) is 42.3 Å². The highest BCUT2D eigenvalue weighted by Gasteiger charge is 2.08. The van der Waals surface area contributed by atoms with E-state index in [1.165, 1.54) is 0 Å². The molecule has 6 heteroatoms. The summed E-state index contributed by atoms with van der Waals surface area (Å²) in [5.74, 6) is 0.513. The van der Waals surface area contributed by atoms with Crippen LogP contribution in [0.1, 0.15) is 11.1 Å². The van der Waals surface area contributed by atoms with Gasteiger partial charge in [0.25, 0.3) is 5.91 Å². The molecule has 0 unspecified atom stereocenters. The van der Waals surface area contributed by atoms with Crippen LogP contribution in [-0.2, 0) is 16.0 Å². The average molecular weight is 328 g/mol. The topological polar surface area (TPSA) is 76.7 Å². The molecule has 2 N–H and O–H groups in total. The van der Waals surface area contributed by atoms with Gasteiger partial charge in [-0.15, -0.1) is 0 Å². The Hall–Kier alpha value is -3.02. The van der Waals surface area contributed by atoms with E-state index in [9.17, 15) is 9.59 Å². The maximum atomic E-state index is 11.8. The molecular formula is C18H20N2O4. The number of hydrazine groups is 1. The second kappa shape index (κ2) is 8.57. The van der Waals surface area contributed by atoms with Crippen molar-refractivity contribution in [2.45, 2.75) is 13.3 Å². The van der Waals surface area contributed by atoms with Gasteiger partial charge in [0.05, 0.1) is 13.5 Å². The van der Waals surface area contributed by atoms with E-state index in [1.807, 2.05) is 31.2 Å². The Labute approximate surface area is 140 Å². The lowest BCUT2D eigenvalue weighted by Crippen LogP contribution is -2.44. The number of benzene rings is 2. The second-order valence-electron chi connectivity index (χ2n) is 5.16. The largest absolute Gasteiger partial charge is 0.497 e. The van der Waals surface area contributed by atoms with Crippen molar-refractivity contribution < 1.29 is 19.1 Å². The molecule has 2 rings (SSSR count). The van der Waals surface area contributed by atoms with Crippen LogP contribution < -0.4 is 20.3 Å². The molecule has 6 nitrogen and oxygen atoms in total. The summed E-state index contributed by atoms with van der Waals surface area (Å²) in [5, 5.41) is 0. The highest BCUT2D eigenvalue weighted by molar-refractivity contribution is 5.84. The third-order valence-corrected chi connectivity index (χ3v) is 3.38. The van der Waals surface area contributed by atoms with Crippen LogP contribution in [0.3, 0.4) is 0 Å². The van der Waals surface area contributed by atoms with Crippen LogP contribution in [-0.4, -0.2) is 25.5 Å². The summed E-state index contributed by atoms with van der Waals surface area (Å²) < 4.78 is 10.4. The molecule has 126 valence electrons. The van der Waals surface area contributed by atoms with Crippen LogP contribution in [0.4, 0.5) is 0 Å². The first-order valence-electron chi connectivity index (χ1n) is 7.47. The van der Waals surface area contributed by atoms with Crippen LogP contribution in [0.5, 0.6) is 11.5 Å². The molecule has 2 aromatic rings. The van der Waals surface area contributed by atoms with Gasteiger partial charge in [-0.1, -0.05) is 24.3 Å². The summed E-state index contributed by atoms with van der Waals surface area (Å²) in [6.07, 6.45) is 0.201. The van der Waals surface area contributed by atoms with Crippen LogP contribution in [0.15, 0.2) is 48.5 Å². The van der Waals surface area contributed by atoms with Crippen LogP contribution in [0.25, 0.3) is 0 Å². The normalized spacial score (nSPS) is 9.92. The Morgan fingerprint density at radius 3 is 2.21 bits per heavy atom. The molecule has 0 spiro atoms. The number of carbonyl (C=O) groups excluding carboxylic acids is 2. The standard InChI is InChI=1S/C18H20N2O4/c1-13-5-3-4-6-14(13)11-17(21)19-20-18(22)12-24-16-9-7-15(23-2)8-10-16/h3-10H,11-12H2,1-2H3,(H,19,21)(H,20,22). The maximum absolute atomic E-state index is 11.8. The first-order valence-corrected chi connectivity index (χ1v) is 7.47. The molecular weight excluding hydrogens is 308 g/mol. The molecule has 0 atom stereocenters. The molecule has 0 aliphatic carbocycles. The van der Waals surface area contributed by atoms with E-state index >= 15 is 0 Å². The monoisotopic (exact) mass is 328 g/mol. The number of carbonyl (C=O) groups is 2. The van der Waals surface area contributed by atoms with Gasteiger partial charge in [-0.25, -0.2) is 0 Å². The van der Waals surface area contributed by atoms with Crippen molar-refractivity contribution in [2.24, 2.45) is 0 Å². The Balaban J connectivity index is 1.72. The molecule has 0 saturated heterocycles. The number of amides is 2. The molecule has 0 bridgehead atoms. The van der Waals surface area contributed by atoms with E-state index in [1.54, 1.807) is 31.4 Å². The number of aryl methyl sites for hydroxylation is 1. The zero-order valence-corrected chi connectivity index (χ0v) is 13.7. The lowest BCUT2D eigenvalue weighted by atomic mass is 10.1. The lowest BCUT2D eigenvalue weighted by Gasteiger charge is -2.10. The zero-order chi connectivity index (χ0) is 17.4. The quantitative estimate of drug-likeness (QED) is 0.793. The molecule has 24 heavy (non-hydrogen) atoms. The lowest BCUT2D eigenvalue weighted by molar-refractivity contribution is -0.129. The minimum absolute atomic E-state index is 0.197. The fourth-order valence-corrected chi connectivity index (χ4v) is 2.02. The predicted molar refractivity (Wildman–Crippen MR) is 89.7 cm³/mol. The van der Waals surface area contributed by atoms with Crippen LogP contribution in [0.2, 0.25) is 0 Å². The average Bonchev–Trinajstić information content (AvgIpc) is 2.60. The highest BCUT2D eigenvalue weighted by Crippen LogP contribution is 2.16. The molecule has 0 saturated carbocycles. The third kappa shape index (κ3) is 5.31. The van der Waals surface area contributed by atoms with E-state index in [0.717, 1.165) is 11.1 Å². The van der Waals surface area contributed by atoms with Gasteiger partial charge < -0.3 is 9.47 Å². The minimum atomic E-state index is -0.441. The van der Waals surface area contributed by atoms with E-state index in [4.69, 9.17) is 9.47 Å². The molecule has 0 heterocycles. The van der Waals surface area contributed by atoms with Gasteiger partial charge in [0.2, 0.25) is 5.91 Å². The molecule has 2 amide bonds. The van der Waals surface area contributed by atoms with Crippen molar-refractivity contribution in [3.63, 3.8) is 0 Å². The fraction of sp³-hybridized carbons (Fsp3) is 0.222. The van der Waals surface area contributed by atoms with Crippen LogP contribution in [0, 0.1) is 6.92 Å². The number of hydrogen-bond acceptors (Lipinski definition) is 4. The van der Waals surface area contributed by atoms with Crippen molar-refractivity contribution in [1.82, 2.24) is 10.9 Å². The highest BCUT2D eigenvalue weighted by atomic mass is 16.5. The SMILES string of the molecule is COc1ccc(OCC(=O)NNC(=O)Cc2ccccc2C)cc1. The summed E-state index contributed by atoms with van der Waals surface area (Å²) in [6.45, 7) is 1.74. The molecule has 0 aliphatic rings. The maximum Gasteiger partial charge on any atom is 0.276 e. The van der Waals surface area contributed by atoms with E-state index in [-0.39, 0.29) is 18.9 Å². The Morgan fingerprint density at radius 1 is 0.917 bits per heavy atom. The summed E-state index contributed by atoms with van der Waals surface area (Å²) in [5.41, 5.74) is 6.65. The van der Waals surface area contributed by atoms with Crippen molar-refractivity contribution >= 4 is 11.8 Å². The number of nitrogens with one attached hydrogen (secondary N) is 2. The van der Waals surface area contributed by atoms with Gasteiger partial charge in [0.15, 0.2) is 6.61 Å². The van der Waals surface area contributed by atoms with Crippen molar-refractivity contribution in [2.75, 3.05) is 13.7 Å². The Morgan fingerprint density at radius 2 is 1.54 bits per heavy atom. The van der Waals surface area contributed by atoms with Crippen molar-refractivity contribution in [3.05, 3.63) is 59.7 Å². The molecule has 0 aliphatic heterocycles. The van der Waals surface area contributed by atoms with Gasteiger partial charge in [0.1, 0.15) is 11.5 Å². The first-order chi connectivity index (χ1) is 11.6. The van der Waals surface area contributed by atoms with Gasteiger partial charge in [0, 0.05) is 0 Å². The molecule has 0 radical (unpaired) electrons. The summed E-state index contributed by atoms with van der Waals surface area (Å²) in [4.78, 5) is 23.5. The summed E-state index contributed by atoms with van der Waals surface area (Å²) >= 11 is 0. The number of methoxy groups -OCH3 is 1. The van der Waals surface area contributed by atoms with E-state index in [0.29, 0.717) is 11.5 Å². The minimum Gasteiger partial charge on any atom is -0.497 e. The number of ether oxygens (including phenoxy) is 2. The predicted octanol–water partition coefficient (Wildman–Crippen LogP) is 1.77. The first kappa shape index (κ1) is 17.3. The van der Waals surface area contributed by atoms with Gasteiger partial charge >= 0.3 is 0 Å². The van der Waals surface area contributed by atoms with E-state index < -0.39 is 5.91 Å². The molecule has 0 fully saturated rings. The summed E-state index contributed by atoms with van der Waals surface area (Å²) in [7, 11) is 1.57. The Kier molecular flexibility index (Phi) is 6.19. The van der Waals surface area contributed by atoms with Crippen LogP contribution >= 0.6 is 0 Å². The Bertz CT molecular complexity index is 698.